The molecule has 1 aromatic carbocycles. The van der Waals surface area contributed by atoms with Gasteiger partial charge in [0.1, 0.15) is 5.56 Å². The van der Waals surface area contributed by atoms with Crippen molar-refractivity contribution >= 4 is 34.8 Å². The molecule has 0 radical (unpaired) electrons. The first-order valence-electron chi connectivity index (χ1n) is 6.32. The molecule has 1 aliphatic heterocycles. The lowest BCUT2D eigenvalue weighted by atomic mass is 9.99. The summed E-state index contributed by atoms with van der Waals surface area (Å²) in [4.78, 5) is 24.6. The molecule has 5 nitrogen and oxygen atoms in total. The van der Waals surface area contributed by atoms with Crippen molar-refractivity contribution in [1.29, 1.82) is 0 Å². The van der Waals surface area contributed by atoms with Crippen LogP contribution in [0.1, 0.15) is 23.2 Å². The molecule has 0 aliphatic carbocycles. The molecule has 0 N–H and O–H groups in total. The van der Waals surface area contributed by atoms with Crippen molar-refractivity contribution < 1.29 is 9.72 Å². The highest BCUT2D eigenvalue weighted by molar-refractivity contribution is 6.34. The molecule has 1 heterocycles. The second kappa shape index (κ2) is 6.41. The number of halogens is 2. The SMILES string of the molecule is O=C(c1c(Cl)cccc1[N+](=O)[O-])N1CCCC(CCl)C1. The van der Waals surface area contributed by atoms with E-state index in [9.17, 15) is 14.9 Å². The zero-order valence-corrected chi connectivity index (χ0v) is 12.2. The van der Waals surface area contributed by atoms with Crippen molar-refractivity contribution in [3.8, 4) is 0 Å². The highest BCUT2D eigenvalue weighted by Crippen LogP contribution is 2.29. The molecule has 20 heavy (non-hydrogen) atoms. The summed E-state index contributed by atoms with van der Waals surface area (Å²) in [7, 11) is 0. The van der Waals surface area contributed by atoms with E-state index in [4.69, 9.17) is 23.2 Å². The van der Waals surface area contributed by atoms with Crippen molar-refractivity contribution in [3.05, 3.63) is 38.9 Å². The fourth-order valence-corrected chi connectivity index (χ4v) is 2.91. The van der Waals surface area contributed by atoms with Crippen molar-refractivity contribution in [1.82, 2.24) is 4.90 Å². The van der Waals surface area contributed by atoms with Crippen LogP contribution in [0, 0.1) is 16.0 Å². The summed E-state index contributed by atoms with van der Waals surface area (Å²) in [5.41, 5.74) is -0.287. The number of rotatable bonds is 3. The van der Waals surface area contributed by atoms with E-state index >= 15 is 0 Å². The smallest absolute Gasteiger partial charge is 0.283 e. The molecule has 0 saturated carbocycles. The van der Waals surface area contributed by atoms with Crippen LogP contribution in [0.5, 0.6) is 0 Å². The number of amides is 1. The molecular formula is C13H14Cl2N2O3. The predicted octanol–water partition coefficient (Wildman–Crippen LogP) is 3.34. The molecule has 1 atom stereocenters. The summed E-state index contributed by atoms with van der Waals surface area (Å²) in [6.45, 7) is 1.10. The maximum absolute atomic E-state index is 12.5. The van der Waals surface area contributed by atoms with Crippen LogP contribution >= 0.6 is 23.2 Å². The molecule has 0 aromatic heterocycles. The fourth-order valence-electron chi connectivity index (χ4n) is 2.41. The zero-order valence-electron chi connectivity index (χ0n) is 10.7. The van der Waals surface area contributed by atoms with Crippen LogP contribution in [0.4, 0.5) is 5.69 Å². The van der Waals surface area contributed by atoms with Crippen LogP contribution in [-0.4, -0.2) is 34.7 Å². The Labute approximate surface area is 126 Å². The molecular weight excluding hydrogens is 303 g/mol. The van der Waals surface area contributed by atoms with Crippen LogP contribution in [0.25, 0.3) is 0 Å². The van der Waals surface area contributed by atoms with Gasteiger partial charge in [-0.1, -0.05) is 17.7 Å². The van der Waals surface area contributed by atoms with E-state index in [2.05, 4.69) is 0 Å². The van der Waals surface area contributed by atoms with Crippen LogP contribution < -0.4 is 0 Å². The maximum atomic E-state index is 12.5. The Morgan fingerprint density at radius 1 is 1.50 bits per heavy atom. The van der Waals surface area contributed by atoms with E-state index in [1.165, 1.54) is 18.2 Å². The third-order valence-corrected chi connectivity index (χ3v) is 4.18. The number of nitrogens with zero attached hydrogens (tertiary/aromatic N) is 2. The van der Waals surface area contributed by atoms with Crippen molar-refractivity contribution in [2.75, 3.05) is 19.0 Å². The van der Waals surface area contributed by atoms with Crippen LogP contribution in [-0.2, 0) is 0 Å². The van der Waals surface area contributed by atoms with Gasteiger partial charge in [0.25, 0.3) is 11.6 Å². The van der Waals surface area contributed by atoms with Crippen LogP contribution in [0.2, 0.25) is 5.02 Å². The number of nitro benzene ring substituents is 1. The highest BCUT2D eigenvalue weighted by Gasteiger charge is 2.30. The van der Waals surface area contributed by atoms with Crippen molar-refractivity contribution in [3.63, 3.8) is 0 Å². The first-order valence-corrected chi connectivity index (χ1v) is 7.24. The average Bonchev–Trinajstić information content (AvgIpc) is 2.46. The van der Waals surface area contributed by atoms with E-state index < -0.39 is 10.8 Å². The van der Waals surface area contributed by atoms with E-state index in [0.717, 1.165) is 12.8 Å². The minimum atomic E-state index is -0.581. The van der Waals surface area contributed by atoms with Gasteiger partial charge in [-0.2, -0.15) is 0 Å². The number of carbonyl (C=O) groups excluding carboxylic acids is 1. The van der Waals surface area contributed by atoms with Gasteiger partial charge in [0, 0.05) is 25.0 Å². The van der Waals surface area contributed by atoms with Crippen LogP contribution in [0.15, 0.2) is 18.2 Å². The lowest BCUT2D eigenvalue weighted by molar-refractivity contribution is -0.385. The standard InChI is InChI=1S/C13H14Cl2N2O3/c14-7-9-3-2-6-16(8-9)13(18)12-10(15)4-1-5-11(12)17(19)20/h1,4-5,9H,2-3,6-8H2. The summed E-state index contributed by atoms with van der Waals surface area (Å²) in [5, 5.41) is 11.1. The molecule has 0 spiro atoms. The van der Waals surface area contributed by atoms with Crippen molar-refractivity contribution in [2.24, 2.45) is 5.92 Å². The molecule has 7 heteroatoms. The molecule has 1 aliphatic rings. The summed E-state index contributed by atoms with van der Waals surface area (Å²) >= 11 is 11.8. The number of alkyl halides is 1. The molecule has 1 amide bonds. The average molecular weight is 317 g/mol. The summed E-state index contributed by atoms with van der Waals surface area (Å²) in [6, 6.07) is 4.25. The number of nitro groups is 1. The van der Waals surface area contributed by atoms with E-state index in [0.29, 0.717) is 19.0 Å². The number of hydrogen-bond acceptors (Lipinski definition) is 3. The normalized spacial score (nSPS) is 18.9. The number of piperidine rings is 1. The molecule has 1 saturated heterocycles. The number of carbonyl (C=O) groups is 1. The zero-order chi connectivity index (χ0) is 14.7. The van der Waals surface area contributed by atoms with Gasteiger partial charge < -0.3 is 4.90 Å². The molecule has 1 aromatic rings. The van der Waals surface area contributed by atoms with E-state index in [1.807, 2.05) is 0 Å². The van der Waals surface area contributed by atoms with E-state index in [-0.39, 0.29) is 22.2 Å². The van der Waals surface area contributed by atoms with Gasteiger partial charge in [0.15, 0.2) is 0 Å². The minimum absolute atomic E-state index is 0.0330. The van der Waals surface area contributed by atoms with Crippen molar-refractivity contribution in [2.45, 2.75) is 12.8 Å². The fraction of sp³-hybridized carbons (Fsp3) is 0.462. The Balaban J connectivity index is 2.31. The Kier molecular flexibility index (Phi) is 4.83. The molecule has 108 valence electrons. The molecule has 0 bridgehead atoms. The topological polar surface area (TPSA) is 63.4 Å². The summed E-state index contributed by atoms with van der Waals surface area (Å²) in [6.07, 6.45) is 1.82. The quantitative estimate of drug-likeness (QED) is 0.488. The second-order valence-electron chi connectivity index (χ2n) is 4.80. The summed E-state index contributed by atoms with van der Waals surface area (Å²) in [5.74, 6) is 0.321. The molecule has 1 unspecified atom stereocenters. The second-order valence-corrected chi connectivity index (χ2v) is 5.52. The third kappa shape index (κ3) is 3.04. The largest absolute Gasteiger partial charge is 0.338 e. The number of benzene rings is 1. The number of hydrogen-bond donors (Lipinski definition) is 0. The molecule has 1 fully saturated rings. The van der Waals surface area contributed by atoms with Gasteiger partial charge in [0.2, 0.25) is 0 Å². The molecule has 2 rings (SSSR count). The third-order valence-electron chi connectivity index (χ3n) is 3.43. The Morgan fingerprint density at radius 3 is 2.90 bits per heavy atom. The van der Waals surface area contributed by atoms with Crippen LogP contribution in [0.3, 0.4) is 0 Å². The summed E-state index contributed by atoms with van der Waals surface area (Å²) < 4.78 is 0. The Morgan fingerprint density at radius 2 is 2.25 bits per heavy atom. The van der Waals surface area contributed by atoms with Gasteiger partial charge in [-0.05, 0) is 24.8 Å². The lowest BCUT2D eigenvalue weighted by Crippen LogP contribution is -2.40. The highest BCUT2D eigenvalue weighted by atomic mass is 35.5. The van der Waals surface area contributed by atoms with Gasteiger partial charge in [-0.15, -0.1) is 11.6 Å². The Hall–Kier alpha value is -1.33. The van der Waals surface area contributed by atoms with Gasteiger partial charge in [0.05, 0.1) is 9.95 Å². The Bertz CT molecular complexity index is 536. The lowest BCUT2D eigenvalue weighted by Gasteiger charge is -2.31. The predicted molar refractivity (Wildman–Crippen MR) is 77.5 cm³/mol. The minimum Gasteiger partial charge on any atom is -0.338 e. The van der Waals surface area contributed by atoms with E-state index in [1.54, 1.807) is 4.90 Å². The number of likely N-dealkylation sites (tertiary alicyclic amines) is 1. The first kappa shape index (κ1) is 15.1. The first-order chi connectivity index (χ1) is 9.54. The maximum Gasteiger partial charge on any atom is 0.283 e. The van der Waals surface area contributed by atoms with Gasteiger partial charge >= 0.3 is 0 Å². The van der Waals surface area contributed by atoms with Gasteiger partial charge in [-0.25, -0.2) is 0 Å². The monoisotopic (exact) mass is 316 g/mol. The van der Waals surface area contributed by atoms with Gasteiger partial charge in [-0.3, -0.25) is 14.9 Å².